The van der Waals surface area contributed by atoms with Gasteiger partial charge in [0.2, 0.25) is 0 Å². The molecule has 4 nitrogen and oxygen atoms in total. The fraction of sp³-hybridized carbons (Fsp3) is 1.00. The molecule has 0 aliphatic rings. The van der Waals surface area contributed by atoms with Gasteiger partial charge in [0, 0.05) is 25.8 Å². The van der Waals surface area contributed by atoms with Crippen molar-refractivity contribution in [2.75, 3.05) is 19.8 Å². The van der Waals surface area contributed by atoms with Crippen LogP contribution in [0.25, 0.3) is 0 Å². The lowest BCUT2D eigenvalue weighted by atomic mass is 10.0. The van der Waals surface area contributed by atoms with Crippen LogP contribution in [0.4, 0.5) is 0 Å². The van der Waals surface area contributed by atoms with Crippen molar-refractivity contribution < 1.29 is 8.85 Å². The Labute approximate surface area is 101 Å². The molecular weight excluding hydrogens is 220 g/mol. The summed E-state index contributed by atoms with van der Waals surface area (Å²) in [6.07, 6.45) is 0.944. The van der Waals surface area contributed by atoms with E-state index < -0.39 is 8.56 Å². The smallest absolute Gasteiger partial charge is 0.335 e. The monoisotopic (exact) mass is 248 g/mol. The zero-order valence-electron chi connectivity index (χ0n) is 11.2. The Hall–Kier alpha value is 0.0569. The first-order valence-corrected chi connectivity index (χ1v) is 8.73. The molecule has 0 fully saturated rings. The summed E-state index contributed by atoms with van der Waals surface area (Å²) in [6.45, 7) is 10.3. The van der Waals surface area contributed by atoms with Gasteiger partial charge in [0.15, 0.2) is 0 Å². The Bertz CT molecular complexity index is 175. The minimum atomic E-state index is -1.99. The van der Waals surface area contributed by atoms with E-state index >= 15 is 0 Å². The van der Waals surface area contributed by atoms with Gasteiger partial charge in [-0.1, -0.05) is 6.92 Å². The van der Waals surface area contributed by atoms with Crippen LogP contribution >= 0.6 is 0 Å². The third-order valence-corrected chi connectivity index (χ3v) is 5.86. The van der Waals surface area contributed by atoms with E-state index in [1.165, 1.54) is 0 Å². The first kappa shape index (κ1) is 16.1. The third kappa shape index (κ3) is 6.60. The second kappa shape index (κ2) is 8.19. The van der Waals surface area contributed by atoms with E-state index in [4.69, 9.17) is 20.3 Å². The molecule has 5 heteroatoms. The van der Waals surface area contributed by atoms with Crippen molar-refractivity contribution in [3.63, 3.8) is 0 Å². The lowest BCUT2D eigenvalue weighted by Crippen LogP contribution is -2.41. The van der Waals surface area contributed by atoms with Gasteiger partial charge in [0.1, 0.15) is 0 Å². The predicted octanol–water partition coefficient (Wildman–Crippen LogP) is 1.44. The van der Waals surface area contributed by atoms with Gasteiger partial charge in [-0.2, -0.15) is 0 Å². The molecule has 0 rings (SSSR count). The lowest BCUT2D eigenvalue weighted by Gasteiger charge is -2.29. The maximum atomic E-state index is 5.85. The van der Waals surface area contributed by atoms with Crippen molar-refractivity contribution in [3.8, 4) is 0 Å². The minimum Gasteiger partial charge on any atom is -0.395 e. The van der Waals surface area contributed by atoms with Crippen LogP contribution < -0.4 is 11.5 Å². The van der Waals surface area contributed by atoms with E-state index in [0.29, 0.717) is 12.5 Å². The summed E-state index contributed by atoms with van der Waals surface area (Å²) in [5, 5.41) is 0. The van der Waals surface area contributed by atoms with Crippen LogP contribution in [0.3, 0.4) is 0 Å². The van der Waals surface area contributed by atoms with Gasteiger partial charge < -0.3 is 20.3 Å². The Morgan fingerprint density at radius 1 is 1.19 bits per heavy atom. The van der Waals surface area contributed by atoms with Crippen LogP contribution in [0.5, 0.6) is 0 Å². The molecule has 0 aromatic heterocycles. The first-order valence-electron chi connectivity index (χ1n) is 6.21. The largest absolute Gasteiger partial charge is 0.395 e. The number of hydrogen-bond acceptors (Lipinski definition) is 4. The minimum absolute atomic E-state index is 0.0940. The standard InChI is InChI=1S/C11H28N2O2Si/c1-5-14-16(4,15-6-2)9-10(3)7-11(13)8-12/h10-11H,5-9,12-13H2,1-4H3. The second-order valence-electron chi connectivity index (χ2n) is 4.54. The molecule has 0 aliphatic heterocycles. The Morgan fingerprint density at radius 2 is 1.69 bits per heavy atom. The highest BCUT2D eigenvalue weighted by atomic mass is 28.4. The highest BCUT2D eigenvalue weighted by Crippen LogP contribution is 2.22. The molecular formula is C11H28N2O2Si. The van der Waals surface area contributed by atoms with Crippen molar-refractivity contribution in [1.29, 1.82) is 0 Å². The van der Waals surface area contributed by atoms with E-state index in [0.717, 1.165) is 25.7 Å². The summed E-state index contributed by atoms with van der Waals surface area (Å²) < 4.78 is 11.6. The molecule has 0 aromatic carbocycles. The average molecular weight is 248 g/mol. The highest BCUT2D eigenvalue weighted by molar-refractivity contribution is 6.66. The molecule has 4 N–H and O–H groups in total. The molecule has 0 saturated heterocycles. The third-order valence-electron chi connectivity index (χ3n) is 2.63. The highest BCUT2D eigenvalue weighted by Gasteiger charge is 2.32. The Morgan fingerprint density at radius 3 is 2.06 bits per heavy atom. The van der Waals surface area contributed by atoms with Gasteiger partial charge >= 0.3 is 8.56 Å². The summed E-state index contributed by atoms with van der Waals surface area (Å²) in [5.41, 5.74) is 11.4. The Kier molecular flexibility index (Phi) is 8.22. The summed E-state index contributed by atoms with van der Waals surface area (Å²) in [6, 6.07) is 1.08. The van der Waals surface area contributed by atoms with Gasteiger partial charge in [-0.15, -0.1) is 0 Å². The SMILES string of the molecule is CCO[Si](C)(CC(C)CC(N)CN)OCC. The molecule has 0 aliphatic carbocycles. The van der Waals surface area contributed by atoms with Gasteiger partial charge in [0.05, 0.1) is 0 Å². The fourth-order valence-corrected chi connectivity index (χ4v) is 5.07. The van der Waals surface area contributed by atoms with Gasteiger partial charge in [0.25, 0.3) is 0 Å². The Balaban J connectivity index is 4.16. The van der Waals surface area contributed by atoms with Crippen LogP contribution in [-0.2, 0) is 8.85 Å². The second-order valence-corrected chi connectivity index (χ2v) is 7.79. The summed E-state index contributed by atoms with van der Waals surface area (Å²) in [5.74, 6) is 0.508. The predicted molar refractivity (Wildman–Crippen MR) is 70.5 cm³/mol. The van der Waals surface area contributed by atoms with Crippen LogP contribution in [0, 0.1) is 5.92 Å². The van der Waals surface area contributed by atoms with Gasteiger partial charge in [-0.05, 0) is 38.8 Å². The molecule has 0 heterocycles. The number of hydrogen-bond donors (Lipinski definition) is 2. The summed E-state index contributed by atoms with van der Waals surface area (Å²) in [4.78, 5) is 0. The van der Waals surface area contributed by atoms with E-state index in [-0.39, 0.29) is 6.04 Å². The van der Waals surface area contributed by atoms with E-state index in [2.05, 4.69) is 13.5 Å². The number of rotatable bonds is 9. The molecule has 16 heavy (non-hydrogen) atoms. The first-order chi connectivity index (χ1) is 7.47. The topological polar surface area (TPSA) is 70.5 Å². The van der Waals surface area contributed by atoms with Crippen molar-refractivity contribution in [1.82, 2.24) is 0 Å². The van der Waals surface area contributed by atoms with Crippen molar-refractivity contribution >= 4 is 8.56 Å². The maximum Gasteiger partial charge on any atom is 0.335 e. The fourth-order valence-electron chi connectivity index (χ4n) is 2.10. The van der Waals surface area contributed by atoms with Crippen LogP contribution in [0.1, 0.15) is 27.2 Å². The molecule has 2 atom stereocenters. The summed E-state index contributed by atoms with van der Waals surface area (Å²) >= 11 is 0. The molecule has 0 saturated carbocycles. The molecule has 0 amide bonds. The van der Waals surface area contributed by atoms with Crippen molar-refractivity contribution in [2.24, 2.45) is 17.4 Å². The molecule has 0 aromatic rings. The van der Waals surface area contributed by atoms with Crippen molar-refractivity contribution in [2.45, 2.75) is 45.8 Å². The molecule has 0 bridgehead atoms. The van der Waals surface area contributed by atoms with Crippen LogP contribution in [0.2, 0.25) is 12.6 Å². The number of nitrogens with two attached hydrogens (primary N) is 2. The average Bonchev–Trinajstić information content (AvgIpc) is 2.17. The molecule has 0 radical (unpaired) electrons. The summed E-state index contributed by atoms with van der Waals surface area (Å²) in [7, 11) is -1.99. The normalized spacial score (nSPS) is 16.1. The quantitative estimate of drug-likeness (QED) is 0.606. The van der Waals surface area contributed by atoms with Gasteiger partial charge in [-0.3, -0.25) is 0 Å². The van der Waals surface area contributed by atoms with Crippen LogP contribution in [-0.4, -0.2) is 34.4 Å². The van der Waals surface area contributed by atoms with Crippen LogP contribution in [0.15, 0.2) is 0 Å². The van der Waals surface area contributed by atoms with E-state index in [1.807, 2.05) is 13.8 Å². The van der Waals surface area contributed by atoms with Crippen molar-refractivity contribution in [3.05, 3.63) is 0 Å². The zero-order valence-corrected chi connectivity index (χ0v) is 12.2. The zero-order chi connectivity index (χ0) is 12.6. The molecule has 0 spiro atoms. The van der Waals surface area contributed by atoms with Gasteiger partial charge in [-0.25, -0.2) is 0 Å². The molecule has 98 valence electrons. The van der Waals surface area contributed by atoms with E-state index in [9.17, 15) is 0 Å². The maximum absolute atomic E-state index is 5.85. The lowest BCUT2D eigenvalue weighted by molar-refractivity contribution is 0.183. The molecule has 2 unspecified atom stereocenters. The van der Waals surface area contributed by atoms with E-state index in [1.54, 1.807) is 0 Å².